The van der Waals surface area contributed by atoms with E-state index in [1.165, 1.54) is 101 Å². The van der Waals surface area contributed by atoms with Gasteiger partial charge < -0.3 is 4.90 Å². The van der Waals surface area contributed by atoms with E-state index >= 15 is 0 Å². The number of rotatable bonds is 16. The van der Waals surface area contributed by atoms with Crippen molar-refractivity contribution in [2.45, 2.75) is 90.9 Å². The second-order valence-corrected chi connectivity index (χ2v) is 7.50. The molecule has 0 aromatic heterocycles. The summed E-state index contributed by atoms with van der Waals surface area (Å²) in [5.41, 5.74) is 2.57. The Balaban J connectivity index is 2.45. The van der Waals surface area contributed by atoms with Crippen molar-refractivity contribution in [1.82, 2.24) is 0 Å². The molecule has 0 saturated carbocycles. The quantitative estimate of drug-likeness (QED) is 0.224. The van der Waals surface area contributed by atoms with Crippen LogP contribution in [0, 0.1) is 0 Å². The summed E-state index contributed by atoms with van der Waals surface area (Å²) in [5, 5.41) is 0. The van der Waals surface area contributed by atoms with Gasteiger partial charge in [-0.2, -0.15) is 0 Å². The first kappa shape index (κ1) is 22.7. The summed E-state index contributed by atoms with van der Waals surface area (Å²) in [6.45, 7) is 6.97. The van der Waals surface area contributed by atoms with Crippen LogP contribution in [-0.4, -0.2) is 26.4 Å². The first-order chi connectivity index (χ1) is 12.8. The zero-order chi connectivity index (χ0) is 18.9. The molecule has 0 aliphatic carbocycles. The lowest BCUT2D eigenvalue weighted by molar-refractivity contribution is 0.575. The van der Waals surface area contributed by atoms with E-state index < -0.39 is 0 Å². The average molecular weight is 359 g/mol. The Bertz CT molecular complexity index is 434. The summed E-state index contributed by atoms with van der Waals surface area (Å²) in [5.74, 6) is 0. The molecular weight excluding hydrogens is 316 g/mol. The van der Waals surface area contributed by atoms with Crippen LogP contribution in [0.5, 0.6) is 0 Å². The van der Waals surface area contributed by atoms with Gasteiger partial charge in [0.15, 0.2) is 0 Å². The van der Waals surface area contributed by atoms with Crippen LogP contribution < -0.4 is 4.90 Å². The van der Waals surface area contributed by atoms with Crippen LogP contribution in [0.3, 0.4) is 0 Å². The Morgan fingerprint density at radius 3 is 1.62 bits per heavy atom. The van der Waals surface area contributed by atoms with E-state index in [4.69, 9.17) is 0 Å². The fourth-order valence-corrected chi connectivity index (χ4v) is 3.46. The molecule has 0 spiro atoms. The second kappa shape index (κ2) is 15.9. The van der Waals surface area contributed by atoms with Crippen LogP contribution in [0.1, 0.15) is 96.5 Å². The Morgan fingerprint density at radius 2 is 1.15 bits per heavy atom. The topological polar surface area (TPSA) is 15.6 Å². The van der Waals surface area contributed by atoms with Crippen LogP contribution in [-0.2, 0) is 0 Å². The predicted octanol–water partition coefficient (Wildman–Crippen LogP) is 7.26. The number of unbranched alkanes of at least 4 members (excludes halogenated alkanes) is 10. The molecule has 148 valence electrons. The van der Waals surface area contributed by atoms with Crippen molar-refractivity contribution >= 4 is 11.9 Å². The van der Waals surface area contributed by atoms with Crippen molar-refractivity contribution in [2.75, 3.05) is 25.0 Å². The first-order valence-corrected chi connectivity index (χ1v) is 11.1. The van der Waals surface area contributed by atoms with Gasteiger partial charge in [0.05, 0.1) is 0 Å². The highest BCUT2D eigenvalue weighted by atomic mass is 15.1. The molecule has 0 fully saturated rings. The van der Waals surface area contributed by atoms with Crippen molar-refractivity contribution in [3.63, 3.8) is 0 Å². The molecule has 2 heteroatoms. The van der Waals surface area contributed by atoms with Gasteiger partial charge >= 0.3 is 0 Å². The van der Waals surface area contributed by atoms with Crippen LogP contribution in [0.25, 0.3) is 0 Å². The number of anilines is 1. The van der Waals surface area contributed by atoms with Gasteiger partial charge in [-0.1, -0.05) is 90.2 Å². The smallest absolute Gasteiger partial charge is 0.0366 e. The minimum absolute atomic E-state index is 1.19. The van der Waals surface area contributed by atoms with Crippen LogP contribution >= 0.6 is 0 Å². The Morgan fingerprint density at radius 1 is 0.692 bits per heavy atom. The number of aliphatic imine (C=N–C) groups is 1. The van der Waals surface area contributed by atoms with Crippen molar-refractivity contribution in [1.29, 1.82) is 0 Å². The van der Waals surface area contributed by atoms with Crippen molar-refractivity contribution in [3.05, 3.63) is 29.8 Å². The Labute approximate surface area is 163 Å². The number of hydrogen-bond acceptors (Lipinski definition) is 2. The van der Waals surface area contributed by atoms with E-state index in [0.29, 0.717) is 0 Å². The molecule has 0 unspecified atom stereocenters. The van der Waals surface area contributed by atoms with E-state index in [1.807, 2.05) is 13.3 Å². The molecule has 0 heterocycles. The van der Waals surface area contributed by atoms with Gasteiger partial charge in [-0.15, -0.1) is 0 Å². The normalized spacial score (nSPS) is 11.3. The van der Waals surface area contributed by atoms with Gasteiger partial charge in [-0.3, -0.25) is 4.99 Å². The molecule has 0 radical (unpaired) electrons. The predicted molar refractivity (Wildman–Crippen MR) is 119 cm³/mol. The molecule has 0 bridgehead atoms. The Hall–Kier alpha value is -1.31. The molecule has 0 aliphatic rings. The third kappa shape index (κ3) is 10.6. The maximum atomic E-state index is 4.11. The van der Waals surface area contributed by atoms with Crippen molar-refractivity contribution < 1.29 is 0 Å². The maximum Gasteiger partial charge on any atom is 0.0366 e. The highest BCUT2D eigenvalue weighted by molar-refractivity contribution is 5.80. The summed E-state index contributed by atoms with van der Waals surface area (Å²) in [7, 11) is 1.83. The molecule has 1 aromatic carbocycles. The van der Waals surface area contributed by atoms with Crippen LogP contribution in [0.4, 0.5) is 5.69 Å². The van der Waals surface area contributed by atoms with Gasteiger partial charge in [0, 0.05) is 32.0 Å². The molecule has 1 aromatic rings. The van der Waals surface area contributed by atoms with Gasteiger partial charge in [0.2, 0.25) is 0 Å². The molecule has 0 atom stereocenters. The van der Waals surface area contributed by atoms with Gasteiger partial charge in [0.1, 0.15) is 0 Å². The molecular formula is C24H42N2. The van der Waals surface area contributed by atoms with E-state index in [1.54, 1.807) is 0 Å². The first-order valence-electron chi connectivity index (χ1n) is 11.1. The number of benzene rings is 1. The minimum Gasteiger partial charge on any atom is -0.372 e. The van der Waals surface area contributed by atoms with E-state index in [9.17, 15) is 0 Å². The van der Waals surface area contributed by atoms with Crippen molar-refractivity contribution in [3.8, 4) is 0 Å². The number of hydrogen-bond donors (Lipinski definition) is 0. The fourth-order valence-electron chi connectivity index (χ4n) is 3.46. The third-order valence-electron chi connectivity index (χ3n) is 5.10. The molecule has 0 saturated heterocycles. The summed E-state index contributed by atoms with van der Waals surface area (Å²) in [4.78, 5) is 6.72. The highest BCUT2D eigenvalue weighted by Gasteiger charge is 2.06. The lowest BCUT2D eigenvalue weighted by Crippen LogP contribution is -2.25. The van der Waals surface area contributed by atoms with E-state index in [-0.39, 0.29) is 0 Å². The molecule has 26 heavy (non-hydrogen) atoms. The Kier molecular flexibility index (Phi) is 13.9. The largest absolute Gasteiger partial charge is 0.372 e. The molecule has 2 nitrogen and oxygen atoms in total. The van der Waals surface area contributed by atoms with E-state index in [0.717, 1.165) is 0 Å². The summed E-state index contributed by atoms with van der Waals surface area (Å²) in [6, 6.07) is 8.92. The zero-order valence-electron chi connectivity index (χ0n) is 17.7. The fraction of sp³-hybridized carbons (Fsp3) is 0.708. The van der Waals surface area contributed by atoms with Crippen LogP contribution in [0.2, 0.25) is 0 Å². The minimum atomic E-state index is 1.19. The van der Waals surface area contributed by atoms with Gasteiger partial charge in [-0.05, 0) is 30.5 Å². The van der Waals surface area contributed by atoms with Gasteiger partial charge in [-0.25, -0.2) is 0 Å². The molecule has 0 amide bonds. The summed E-state index contributed by atoms with van der Waals surface area (Å²) in [6.07, 6.45) is 18.3. The van der Waals surface area contributed by atoms with Gasteiger partial charge in [0.25, 0.3) is 0 Å². The molecule has 0 N–H and O–H groups in total. The highest BCUT2D eigenvalue weighted by Crippen LogP contribution is 2.18. The standard InChI is InChI=1S/C24H42N2/c1-4-6-8-10-12-14-20-26(21-15-13-11-9-7-5-2)24-18-16-23(17-19-24)22-25-3/h16-19,22H,4-15,20-21H2,1-3H3. The lowest BCUT2D eigenvalue weighted by atomic mass is 10.1. The number of nitrogens with zero attached hydrogens (tertiary/aromatic N) is 2. The maximum absolute atomic E-state index is 4.11. The average Bonchev–Trinajstić information content (AvgIpc) is 2.66. The molecule has 0 aliphatic heterocycles. The lowest BCUT2D eigenvalue weighted by Gasteiger charge is -2.25. The summed E-state index contributed by atoms with van der Waals surface area (Å²) < 4.78 is 0. The zero-order valence-corrected chi connectivity index (χ0v) is 17.7. The summed E-state index contributed by atoms with van der Waals surface area (Å²) >= 11 is 0. The second-order valence-electron chi connectivity index (χ2n) is 7.50. The van der Waals surface area contributed by atoms with Crippen LogP contribution in [0.15, 0.2) is 29.3 Å². The van der Waals surface area contributed by atoms with E-state index in [2.05, 4.69) is 48.0 Å². The third-order valence-corrected chi connectivity index (χ3v) is 5.10. The van der Waals surface area contributed by atoms with Crippen molar-refractivity contribution in [2.24, 2.45) is 4.99 Å². The monoisotopic (exact) mass is 358 g/mol. The SMILES string of the molecule is CCCCCCCCN(CCCCCCCC)c1ccc(C=NC)cc1. The molecule has 1 rings (SSSR count).